The molecule has 0 saturated heterocycles. The number of nitrogens with two attached hydrogens (primary N) is 1. The molecule has 2 aromatic carbocycles. The van der Waals surface area contributed by atoms with Crippen molar-refractivity contribution in [1.82, 2.24) is 20.4 Å². The van der Waals surface area contributed by atoms with Crippen LogP contribution in [0.2, 0.25) is 0 Å². The molecule has 12 nitrogen and oxygen atoms in total. The number of hydrogen-bond acceptors (Lipinski definition) is 9. The highest BCUT2D eigenvalue weighted by Crippen LogP contribution is 2.71. The molecule has 2 unspecified atom stereocenters. The summed E-state index contributed by atoms with van der Waals surface area (Å²) in [5.41, 5.74) is 5.89. The minimum Gasteiger partial charge on any atom is -0.477 e. The maximum absolute atomic E-state index is 13.5. The van der Waals surface area contributed by atoms with E-state index >= 15 is 0 Å². The minimum atomic E-state index is -1.16. The topological polar surface area (TPSA) is 164 Å². The summed E-state index contributed by atoms with van der Waals surface area (Å²) in [6, 6.07) is 12.1. The highest BCUT2D eigenvalue weighted by atomic mass is 16.6. The molecule has 2 bridgehead atoms. The smallest absolute Gasteiger partial charge is 0.415 e. The number of aliphatic hydroxyl groups is 1. The van der Waals surface area contributed by atoms with Crippen LogP contribution in [-0.2, 0) is 31.6 Å². The normalized spacial score (nSPS) is 29.6. The molecule has 1 spiro atoms. The fourth-order valence-electron chi connectivity index (χ4n) is 9.20. The van der Waals surface area contributed by atoms with Crippen LogP contribution in [0.15, 0.2) is 42.5 Å². The van der Waals surface area contributed by atoms with Crippen LogP contribution in [0.5, 0.6) is 11.5 Å². The fourth-order valence-corrected chi connectivity index (χ4v) is 9.20. The lowest BCUT2D eigenvalue weighted by atomic mass is 9.51. The second-order valence-electron chi connectivity index (χ2n) is 15.1. The van der Waals surface area contributed by atoms with E-state index < -0.39 is 41.1 Å². The van der Waals surface area contributed by atoms with E-state index in [1.54, 1.807) is 13.1 Å². The molecule has 5 N–H and O–H groups in total. The van der Waals surface area contributed by atoms with E-state index in [-0.39, 0.29) is 55.5 Å². The number of likely N-dealkylation sites (N-methyl/N-ethyl adjacent to an activating group) is 2. The summed E-state index contributed by atoms with van der Waals surface area (Å²) in [7, 11) is 3.67. The van der Waals surface area contributed by atoms with Gasteiger partial charge in [0, 0.05) is 51.1 Å². The van der Waals surface area contributed by atoms with Gasteiger partial charge in [-0.2, -0.15) is 0 Å². The number of hydrogen-bond donors (Lipinski definition) is 4. The second kappa shape index (κ2) is 12.4. The zero-order valence-electron chi connectivity index (χ0n) is 28.5. The Morgan fingerprint density at radius 3 is 2.61 bits per heavy atom. The molecule has 2 aromatic rings. The Labute approximate surface area is 286 Å². The Balaban J connectivity index is 1.06. The molecule has 0 aromatic heterocycles. The number of rotatable bonds is 12. The molecule has 4 aliphatic carbocycles. The number of amides is 3. The van der Waals surface area contributed by atoms with Crippen molar-refractivity contribution in [2.24, 2.45) is 11.7 Å². The number of carbonyl (C=O) groups excluding carboxylic acids is 4. The molecular formula is C37H47N5O7. The summed E-state index contributed by atoms with van der Waals surface area (Å²) in [5.74, 6) is 0.373. The largest absolute Gasteiger partial charge is 0.477 e. The summed E-state index contributed by atoms with van der Waals surface area (Å²) < 4.78 is 12.4. The molecule has 0 radical (unpaired) electrons. The molecule has 3 fully saturated rings. The third kappa shape index (κ3) is 5.57. The summed E-state index contributed by atoms with van der Waals surface area (Å²) >= 11 is 0. The second-order valence-corrected chi connectivity index (χ2v) is 15.1. The Bertz CT molecular complexity index is 1670. The van der Waals surface area contributed by atoms with Crippen LogP contribution < -0.4 is 25.8 Å². The highest BCUT2D eigenvalue weighted by molar-refractivity contribution is 5.91. The molecule has 49 heavy (non-hydrogen) atoms. The van der Waals surface area contributed by atoms with Gasteiger partial charge in [-0.1, -0.05) is 43.3 Å². The van der Waals surface area contributed by atoms with Gasteiger partial charge in [0.2, 0.25) is 11.8 Å². The summed E-state index contributed by atoms with van der Waals surface area (Å²) in [4.78, 5) is 55.6. The van der Waals surface area contributed by atoms with Gasteiger partial charge >= 0.3 is 6.09 Å². The first-order chi connectivity index (χ1) is 23.4. The van der Waals surface area contributed by atoms with Crippen molar-refractivity contribution in [3.63, 3.8) is 0 Å². The first-order valence-corrected chi connectivity index (χ1v) is 17.4. The van der Waals surface area contributed by atoms with E-state index in [1.807, 2.05) is 36.4 Å². The van der Waals surface area contributed by atoms with E-state index in [9.17, 15) is 24.3 Å². The van der Waals surface area contributed by atoms with Crippen LogP contribution in [-0.4, -0.2) is 103 Å². The first-order valence-electron chi connectivity index (χ1n) is 17.4. The van der Waals surface area contributed by atoms with Gasteiger partial charge in [-0.3, -0.25) is 14.4 Å². The molecule has 6 atom stereocenters. The van der Waals surface area contributed by atoms with E-state index in [4.69, 9.17) is 15.2 Å². The number of ketones is 1. The van der Waals surface area contributed by atoms with Crippen molar-refractivity contribution in [1.29, 1.82) is 0 Å². The molecule has 7 rings (SSSR count). The quantitative estimate of drug-likeness (QED) is 0.263. The van der Waals surface area contributed by atoms with Crippen LogP contribution in [0, 0.1) is 5.92 Å². The zero-order chi connectivity index (χ0) is 34.7. The van der Waals surface area contributed by atoms with E-state index in [0.29, 0.717) is 24.5 Å². The van der Waals surface area contributed by atoms with Gasteiger partial charge in [0.15, 0.2) is 23.4 Å². The predicted octanol–water partition coefficient (Wildman–Crippen LogP) is 1.79. The third-order valence-electron chi connectivity index (χ3n) is 11.7. The maximum atomic E-state index is 13.5. The van der Waals surface area contributed by atoms with Crippen molar-refractivity contribution in [2.75, 3.05) is 40.3 Å². The standard InChI is InChI=1S/C37H47N5O7/c1-35-18-28(42(3)20-23-9-10-23)37(47)14-13-26(43)32-36(37,21-35)30-24(35)11-12-27(31(30)49-32)48-34(46)41(2)16-15-39-33(45)25(40-29(44)19-38)17-22-7-5-4-6-8-22/h4-8,11-12,23,25,28,32,47H,9-10,13-21,38H2,1-3H3,(H,39,45)(H,40,44)/t25-,28?,32-,35?,36-,37+/m0/s1. The van der Waals surface area contributed by atoms with Gasteiger partial charge in [-0.25, -0.2) is 4.79 Å². The molecule has 1 aliphatic heterocycles. The van der Waals surface area contributed by atoms with Gasteiger partial charge in [0.25, 0.3) is 0 Å². The number of nitrogens with zero attached hydrogens (tertiary/aromatic N) is 2. The SMILES string of the molecule is CN(CCNC(=O)[C@H](Cc1ccccc1)NC(=O)CN)C(=O)Oc1ccc2c3c1O[C@H]1C(=O)CC[C@@]4(O)C(N(C)CC5CC5)CC2(C)C[C@]314. The first kappa shape index (κ1) is 33.5. The number of carbonyl (C=O) groups is 4. The van der Waals surface area contributed by atoms with E-state index in [2.05, 4.69) is 29.5 Å². The van der Waals surface area contributed by atoms with Crippen molar-refractivity contribution < 1.29 is 33.8 Å². The molecular weight excluding hydrogens is 626 g/mol. The molecule has 3 amide bonds. The Morgan fingerprint density at radius 2 is 1.90 bits per heavy atom. The van der Waals surface area contributed by atoms with Crippen molar-refractivity contribution >= 4 is 23.7 Å². The van der Waals surface area contributed by atoms with Gasteiger partial charge in [0.1, 0.15) is 6.04 Å². The molecule has 3 saturated carbocycles. The average Bonchev–Trinajstić information content (AvgIpc) is 3.78. The third-order valence-corrected chi connectivity index (χ3v) is 11.7. The van der Waals surface area contributed by atoms with Crippen molar-refractivity contribution in [3.8, 4) is 11.5 Å². The van der Waals surface area contributed by atoms with Crippen molar-refractivity contribution in [2.45, 2.75) is 86.5 Å². The predicted molar refractivity (Wildman–Crippen MR) is 180 cm³/mol. The molecule has 262 valence electrons. The molecule has 1 heterocycles. The number of benzene rings is 2. The minimum absolute atomic E-state index is 0.0278. The Kier molecular flexibility index (Phi) is 8.48. The number of ether oxygens (including phenoxy) is 2. The lowest BCUT2D eigenvalue weighted by Gasteiger charge is -2.59. The van der Waals surface area contributed by atoms with Crippen LogP contribution in [0.25, 0.3) is 0 Å². The van der Waals surface area contributed by atoms with E-state index in [1.165, 1.54) is 17.7 Å². The van der Waals surface area contributed by atoms with Crippen molar-refractivity contribution in [3.05, 3.63) is 59.2 Å². The lowest BCUT2D eigenvalue weighted by molar-refractivity contribution is -0.181. The summed E-state index contributed by atoms with van der Waals surface area (Å²) in [6.45, 7) is 3.15. The average molecular weight is 674 g/mol. The Hall–Kier alpha value is -4.00. The van der Waals surface area contributed by atoms with Crippen LogP contribution in [0.4, 0.5) is 4.79 Å². The summed E-state index contributed by atoms with van der Waals surface area (Å²) in [5, 5.41) is 18.2. The highest BCUT2D eigenvalue weighted by Gasteiger charge is 2.77. The van der Waals surface area contributed by atoms with Crippen LogP contribution >= 0.6 is 0 Å². The van der Waals surface area contributed by atoms with Gasteiger partial charge in [0.05, 0.1) is 17.6 Å². The Morgan fingerprint density at radius 1 is 1.14 bits per heavy atom. The number of fused-ring (bicyclic) bond motifs is 2. The van der Waals surface area contributed by atoms with Crippen LogP contribution in [0.3, 0.4) is 0 Å². The summed E-state index contributed by atoms with van der Waals surface area (Å²) in [6.07, 6.45) is 3.21. The van der Waals surface area contributed by atoms with Gasteiger partial charge in [-0.15, -0.1) is 0 Å². The van der Waals surface area contributed by atoms with Gasteiger partial charge < -0.3 is 40.7 Å². The zero-order valence-corrected chi connectivity index (χ0v) is 28.5. The number of nitrogens with one attached hydrogen (secondary N) is 2. The lowest BCUT2D eigenvalue weighted by Crippen LogP contribution is -2.73. The maximum Gasteiger partial charge on any atom is 0.415 e. The molecule has 12 heteroatoms. The number of Topliss-reactive ketones (excluding diaryl/α,β-unsaturated/α-hetero) is 1. The van der Waals surface area contributed by atoms with Gasteiger partial charge in [-0.05, 0) is 67.7 Å². The van der Waals surface area contributed by atoms with Crippen LogP contribution in [0.1, 0.15) is 62.1 Å². The monoisotopic (exact) mass is 673 g/mol. The fraction of sp³-hybridized carbons (Fsp3) is 0.568. The van der Waals surface area contributed by atoms with E-state index in [0.717, 1.165) is 29.7 Å². The molecule has 5 aliphatic rings.